The minimum absolute atomic E-state index is 0.0825. The average Bonchev–Trinajstić information content (AvgIpc) is 3.08. The Morgan fingerprint density at radius 2 is 2.04 bits per heavy atom. The molecule has 0 aliphatic heterocycles. The molecule has 0 unspecified atom stereocenters. The second-order valence-electron chi connectivity index (χ2n) is 5.58. The molecular formula is C18H18ClN5O2. The normalized spacial score (nSPS) is 10.5. The molecule has 0 aliphatic carbocycles. The molecule has 0 bridgehead atoms. The molecule has 1 amide bonds. The van der Waals surface area contributed by atoms with Crippen LogP contribution in [0.4, 0.5) is 5.69 Å². The third kappa shape index (κ3) is 4.97. The summed E-state index contributed by atoms with van der Waals surface area (Å²) >= 11 is 5.88. The lowest BCUT2D eigenvalue weighted by molar-refractivity contribution is -0.121. The number of nitrogens with one attached hydrogen (secondary N) is 1. The topological polar surface area (TPSA) is 95.1 Å². The second kappa shape index (κ2) is 8.35. The largest absolute Gasteiger partial charge is 0.492 e. The summed E-state index contributed by atoms with van der Waals surface area (Å²) in [6.45, 7) is 0.810. The highest BCUT2D eigenvalue weighted by molar-refractivity contribution is 6.30. The summed E-state index contributed by atoms with van der Waals surface area (Å²) in [5.41, 5.74) is 7.92. The minimum Gasteiger partial charge on any atom is -0.492 e. The van der Waals surface area contributed by atoms with E-state index in [-0.39, 0.29) is 12.5 Å². The Hall–Kier alpha value is -3.06. The number of carbonyl (C=O) groups excluding carboxylic acids is 1. The highest BCUT2D eigenvalue weighted by atomic mass is 35.5. The van der Waals surface area contributed by atoms with Gasteiger partial charge in [0.05, 0.1) is 12.7 Å². The Morgan fingerprint density at radius 3 is 2.81 bits per heavy atom. The van der Waals surface area contributed by atoms with Gasteiger partial charge in [-0.15, -0.1) is 5.10 Å². The van der Waals surface area contributed by atoms with Crippen LogP contribution in [0, 0.1) is 0 Å². The Kier molecular flexibility index (Phi) is 5.70. The molecule has 1 aromatic heterocycles. The van der Waals surface area contributed by atoms with E-state index in [1.165, 1.54) is 4.68 Å². The first-order valence-corrected chi connectivity index (χ1v) is 8.39. The van der Waals surface area contributed by atoms with Gasteiger partial charge in [-0.05, 0) is 30.3 Å². The van der Waals surface area contributed by atoms with Crippen molar-refractivity contribution in [2.24, 2.45) is 0 Å². The fraction of sp³-hybridized carbons (Fsp3) is 0.167. The van der Waals surface area contributed by atoms with Crippen molar-refractivity contribution in [2.45, 2.75) is 6.54 Å². The van der Waals surface area contributed by atoms with E-state index in [9.17, 15) is 4.79 Å². The third-order valence-corrected chi connectivity index (χ3v) is 3.77. The van der Waals surface area contributed by atoms with Gasteiger partial charge in [-0.25, -0.2) is 4.68 Å². The molecule has 0 atom stereocenters. The van der Waals surface area contributed by atoms with Crippen molar-refractivity contribution >= 4 is 23.2 Å². The Balaban J connectivity index is 1.44. The summed E-state index contributed by atoms with van der Waals surface area (Å²) in [6, 6.07) is 14.4. The van der Waals surface area contributed by atoms with E-state index >= 15 is 0 Å². The molecular weight excluding hydrogens is 354 g/mol. The second-order valence-corrected chi connectivity index (χ2v) is 6.02. The summed E-state index contributed by atoms with van der Waals surface area (Å²) < 4.78 is 7.00. The lowest BCUT2D eigenvalue weighted by Crippen LogP contribution is -2.31. The van der Waals surface area contributed by atoms with Crippen LogP contribution in [0.25, 0.3) is 11.3 Å². The number of aromatic nitrogens is 3. The summed E-state index contributed by atoms with van der Waals surface area (Å²) in [6.07, 6.45) is 1.72. The van der Waals surface area contributed by atoms with Gasteiger partial charge < -0.3 is 15.8 Å². The Morgan fingerprint density at radius 1 is 1.23 bits per heavy atom. The van der Waals surface area contributed by atoms with Gasteiger partial charge in [0.25, 0.3) is 0 Å². The number of halogens is 1. The fourth-order valence-corrected chi connectivity index (χ4v) is 2.46. The molecule has 8 heteroatoms. The zero-order chi connectivity index (χ0) is 18.4. The Labute approximate surface area is 155 Å². The molecule has 3 rings (SSSR count). The van der Waals surface area contributed by atoms with E-state index in [1.54, 1.807) is 36.5 Å². The number of amides is 1. The number of nitrogen functional groups attached to an aromatic ring is 1. The molecule has 3 aromatic rings. The van der Waals surface area contributed by atoms with Crippen LogP contribution >= 0.6 is 11.6 Å². The van der Waals surface area contributed by atoms with Gasteiger partial charge in [-0.1, -0.05) is 35.0 Å². The SMILES string of the molecule is Nc1ccc(-c2cn(CC(=O)NCCOc3cccc(Cl)c3)nn2)cc1. The highest BCUT2D eigenvalue weighted by Crippen LogP contribution is 2.18. The smallest absolute Gasteiger partial charge is 0.241 e. The molecule has 3 N–H and O–H groups in total. The highest BCUT2D eigenvalue weighted by Gasteiger charge is 2.07. The van der Waals surface area contributed by atoms with Gasteiger partial charge in [0.1, 0.15) is 24.6 Å². The lowest BCUT2D eigenvalue weighted by atomic mass is 10.1. The van der Waals surface area contributed by atoms with Gasteiger partial charge in [0.2, 0.25) is 5.91 Å². The van der Waals surface area contributed by atoms with Crippen molar-refractivity contribution in [1.82, 2.24) is 20.3 Å². The third-order valence-electron chi connectivity index (χ3n) is 3.54. The van der Waals surface area contributed by atoms with Crippen molar-refractivity contribution in [3.05, 3.63) is 59.8 Å². The van der Waals surface area contributed by atoms with Crippen LogP contribution < -0.4 is 15.8 Å². The number of hydrogen-bond donors (Lipinski definition) is 2. The minimum atomic E-state index is -0.173. The van der Waals surface area contributed by atoms with E-state index < -0.39 is 0 Å². The fourth-order valence-electron chi connectivity index (χ4n) is 2.28. The quantitative estimate of drug-likeness (QED) is 0.491. The van der Waals surface area contributed by atoms with Crippen LogP contribution in [0.5, 0.6) is 5.75 Å². The first kappa shape index (κ1) is 17.8. The first-order chi connectivity index (χ1) is 12.6. The Bertz CT molecular complexity index is 879. The van der Waals surface area contributed by atoms with E-state index in [2.05, 4.69) is 15.6 Å². The number of nitrogens with zero attached hydrogens (tertiary/aromatic N) is 3. The number of benzene rings is 2. The molecule has 7 nitrogen and oxygen atoms in total. The standard InChI is InChI=1S/C18H18ClN5O2/c19-14-2-1-3-16(10-14)26-9-8-21-18(25)12-24-11-17(22-23-24)13-4-6-15(20)7-5-13/h1-7,10-11H,8-9,12,20H2,(H,21,25). The molecule has 0 spiro atoms. The lowest BCUT2D eigenvalue weighted by Gasteiger charge is -2.08. The van der Waals surface area contributed by atoms with Crippen LogP contribution in [0.1, 0.15) is 0 Å². The number of anilines is 1. The van der Waals surface area contributed by atoms with E-state index in [1.807, 2.05) is 18.2 Å². The van der Waals surface area contributed by atoms with E-state index in [0.717, 1.165) is 5.56 Å². The number of ether oxygens (including phenoxy) is 1. The molecule has 134 valence electrons. The molecule has 0 saturated carbocycles. The van der Waals surface area contributed by atoms with Gasteiger partial charge in [-0.2, -0.15) is 0 Å². The van der Waals surface area contributed by atoms with Gasteiger partial charge in [0.15, 0.2) is 0 Å². The average molecular weight is 372 g/mol. The molecule has 2 aromatic carbocycles. The first-order valence-electron chi connectivity index (χ1n) is 8.01. The summed E-state index contributed by atoms with van der Waals surface area (Å²) in [5.74, 6) is 0.490. The maximum atomic E-state index is 12.0. The zero-order valence-corrected chi connectivity index (χ0v) is 14.7. The molecule has 26 heavy (non-hydrogen) atoms. The van der Waals surface area contributed by atoms with Crippen molar-refractivity contribution in [1.29, 1.82) is 0 Å². The summed E-state index contributed by atoms with van der Waals surface area (Å²) in [4.78, 5) is 12.0. The van der Waals surface area contributed by atoms with Crippen LogP contribution in [0.2, 0.25) is 5.02 Å². The van der Waals surface area contributed by atoms with Crippen molar-refractivity contribution in [2.75, 3.05) is 18.9 Å². The molecule has 0 aliphatic rings. The molecule has 0 saturated heterocycles. The molecule has 0 fully saturated rings. The maximum absolute atomic E-state index is 12.0. The number of nitrogens with two attached hydrogens (primary N) is 1. The summed E-state index contributed by atoms with van der Waals surface area (Å²) in [7, 11) is 0. The summed E-state index contributed by atoms with van der Waals surface area (Å²) in [5, 5.41) is 11.4. The molecule has 0 radical (unpaired) electrons. The van der Waals surface area contributed by atoms with Crippen LogP contribution in [0.15, 0.2) is 54.7 Å². The van der Waals surface area contributed by atoms with Crippen molar-refractivity contribution in [3.8, 4) is 17.0 Å². The van der Waals surface area contributed by atoms with E-state index in [4.69, 9.17) is 22.1 Å². The van der Waals surface area contributed by atoms with Gasteiger partial charge >= 0.3 is 0 Å². The van der Waals surface area contributed by atoms with Crippen LogP contribution in [-0.4, -0.2) is 34.1 Å². The number of hydrogen-bond acceptors (Lipinski definition) is 5. The van der Waals surface area contributed by atoms with Crippen LogP contribution in [-0.2, 0) is 11.3 Å². The van der Waals surface area contributed by atoms with Gasteiger partial charge in [-0.3, -0.25) is 4.79 Å². The number of carbonyl (C=O) groups is 1. The molecule has 1 heterocycles. The van der Waals surface area contributed by atoms with Gasteiger partial charge in [0, 0.05) is 16.3 Å². The van der Waals surface area contributed by atoms with Crippen molar-refractivity contribution < 1.29 is 9.53 Å². The van der Waals surface area contributed by atoms with E-state index in [0.29, 0.717) is 35.3 Å². The van der Waals surface area contributed by atoms with Crippen LogP contribution in [0.3, 0.4) is 0 Å². The monoisotopic (exact) mass is 371 g/mol. The predicted molar refractivity (Wildman–Crippen MR) is 99.8 cm³/mol. The predicted octanol–water partition coefficient (Wildman–Crippen LogP) is 2.38. The zero-order valence-electron chi connectivity index (χ0n) is 13.9. The number of rotatable bonds is 7. The van der Waals surface area contributed by atoms with Crippen molar-refractivity contribution in [3.63, 3.8) is 0 Å². The maximum Gasteiger partial charge on any atom is 0.241 e.